The number of amides is 1. The first kappa shape index (κ1) is 18.4. The monoisotopic (exact) mass is 375 g/mol. The van der Waals surface area contributed by atoms with Crippen LogP contribution < -0.4 is 11.1 Å². The molecule has 1 amide bonds. The van der Waals surface area contributed by atoms with Crippen molar-refractivity contribution in [3.63, 3.8) is 0 Å². The Labute approximate surface area is 154 Å². The molecule has 1 atom stereocenters. The number of amidine groups is 1. The van der Waals surface area contributed by atoms with Crippen molar-refractivity contribution in [3.8, 4) is 0 Å². The number of hydrogen-bond acceptors (Lipinski definition) is 4. The second kappa shape index (κ2) is 7.07. The van der Waals surface area contributed by atoms with Gasteiger partial charge in [-0.1, -0.05) is 23.9 Å². The van der Waals surface area contributed by atoms with Crippen molar-refractivity contribution < 1.29 is 13.6 Å². The molecule has 1 aliphatic heterocycles. The maximum atomic E-state index is 14.2. The lowest BCUT2D eigenvalue weighted by molar-refractivity contribution is 0.102. The van der Waals surface area contributed by atoms with Gasteiger partial charge in [0, 0.05) is 11.3 Å². The summed E-state index contributed by atoms with van der Waals surface area (Å²) in [5.41, 5.74) is 6.61. The zero-order valence-corrected chi connectivity index (χ0v) is 15.3. The highest BCUT2D eigenvalue weighted by atomic mass is 32.2. The number of aryl methyl sites for hydroxylation is 1. The molecule has 0 fully saturated rings. The fourth-order valence-corrected chi connectivity index (χ4v) is 3.75. The molecule has 1 heterocycles. The normalized spacial score (nSPS) is 19.8. The third kappa shape index (κ3) is 3.72. The molecule has 0 spiro atoms. The van der Waals surface area contributed by atoms with Crippen molar-refractivity contribution in [2.45, 2.75) is 25.8 Å². The highest BCUT2D eigenvalue weighted by molar-refractivity contribution is 8.13. The lowest BCUT2D eigenvalue weighted by Crippen LogP contribution is -2.29. The zero-order valence-electron chi connectivity index (χ0n) is 14.5. The molecule has 7 heteroatoms. The Balaban J connectivity index is 1.89. The number of carbonyl (C=O) groups excluding carboxylic acids is 1. The maximum absolute atomic E-state index is 14.2. The Kier molecular flexibility index (Phi) is 5.00. The van der Waals surface area contributed by atoms with Gasteiger partial charge in [-0.25, -0.2) is 8.78 Å². The minimum atomic E-state index is -0.577. The SMILES string of the molecule is Cc1ccc(C(=O)Nc2cc(C3(C)CCSC(N)=N3)ccc2F)cc1F. The number of nitrogens with one attached hydrogen (secondary N) is 1. The van der Waals surface area contributed by atoms with Crippen LogP contribution >= 0.6 is 11.8 Å². The Morgan fingerprint density at radius 3 is 2.69 bits per heavy atom. The quantitative estimate of drug-likeness (QED) is 0.845. The summed E-state index contributed by atoms with van der Waals surface area (Å²) in [4.78, 5) is 16.8. The van der Waals surface area contributed by atoms with Crippen LogP contribution in [0.1, 0.15) is 34.8 Å². The molecule has 0 saturated heterocycles. The molecule has 136 valence electrons. The number of benzene rings is 2. The van der Waals surface area contributed by atoms with Gasteiger partial charge >= 0.3 is 0 Å². The van der Waals surface area contributed by atoms with Crippen LogP contribution in [0.25, 0.3) is 0 Å². The van der Waals surface area contributed by atoms with E-state index in [-0.39, 0.29) is 11.3 Å². The van der Waals surface area contributed by atoms with Crippen molar-refractivity contribution in [2.24, 2.45) is 10.7 Å². The van der Waals surface area contributed by atoms with Crippen LogP contribution in [0.15, 0.2) is 41.4 Å². The van der Waals surface area contributed by atoms with E-state index in [1.807, 2.05) is 6.92 Å². The van der Waals surface area contributed by atoms with Crippen LogP contribution in [0.5, 0.6) is 0 Å². The van der Waals surface area contributed by atoms with Gasteiger partial charge in [-0.15, -0.1) is 0 Å². The molecule has 4 nitrogen and oxygen atoms in total. The van der Waals surface area contributed by atoms with Gasteiger partial charge in [0.25, 0.3) is 5.91 Å². The number of carbonyl (C=O) groups is 1. The molecule has 1 aliphatic rings. The predicted octanol–water partition coefficient (Wildman–Crippen LogP) is 4.19. The number of hydrogen-bond donors (Lipinski definition) is 2. The van der Waals surface area contributed by atoms with E-state index in [0.29, 0.717) is 10.7 Å². The summed E-state index contributed by atoms with van der Waals surface area (Å²) in [5, 5.41) is 3.01. The van der Waals surface area contributed by atoms with E-state index in [1.165, 1.54) is 30.0 Å². The first-order valence-electron chi connectivity index (χ1n) is 8.14. The molecule has 26 heavy (non-hydrogen) atoms. The van der Waals surface area contributed by atoms with E-state index < -0.39 is 23.1 Å². The van der Waals surface area contributed by atoms with Gasteiger partial charge in [-0.3, -0.25) is 9.79 Å². The van der Waals surface area contributed by atoms with Crippen LogP contribution in [-0.2, 0) is 5.54 Å². The molecule has 3 rings (SSSR count). The molecule has 0 aliphatic carbocycles. The van der Waals surface area contributed by atoms with Crippen molar-refractivity contribution in [3.05, 3.63) is 64.7 Å². The van der Waals surface area contributed by atoms with Crippen molar-refractivity contribution in [1.29, 1.82) is 0 Å². The summed E-state index contributed by atoms with van der Waals surface area (Å²) in [6, 6.07) is 8.64. The van der Waals surface area contributed by atoms with Crippen LogP contribution in [0.2, 0.25) is 0 Å². The Morgan fingerprint density at radius 2 is 2.00 bits per heavy atom. The summed E-state index contributed by atoms with van der Waals surface area (Å²) in [7, 11) is 0. The number of rotatable bonds is 3. The van der Waals surface area contributed by atoms with Gasteiger partial charge in [-0.2, -0.15) is 0 Å². The molecule has 0 aromatic heterocycles. The average Bonchev–Trinajstić information content (AvgIpc) is 2.59. The van der Waals surface area contributed by atoms with E-state index >= 15 is 0 Å². The summed E-state index contributed by atoms with van der Waals surface area (Å²) in [6.07, 6.45) is 0.751. The van der Waals surface area contributed by atoms with Crippen LogP contribution in [0.3, 0.4) is 0 Å². The first-order valence-corrected chi connectivity index (χ1v) is 9.13. The molecule has 0 bridgehead atoms. The summed E-state index contributed by atoms with van der Waals surface area (Å²) >= 11 is 1.48. The number of thioether (sulfide) groups is 1. The van der Waals surface area contributed by atoms with E-state index in [9.17, 15) is 13.6 Å². The number of halogens is 2. The second-order valence-corrected chi connectivity index (χ2v) is 7.55. The number of anilines is 1. The maximum Gasteiger partial charge on any atom is 0.255 e. The Morgan fingerprint density at radius 1 is 1.23 bits per heavy atom. The summed E-state index contributed by atoms with van der Waals surface area (Å²) < 4.78 is 27.9. The van der Waals surface area contributed by atoms with Gasteiger partial charge in [0.15, 0.2) is 5.17 Å². The zero-order chi connectivity index (χ0) is 18.9. The molecule has 1 unspecified atom stereocenters. The van der Waals surface area contributed by atoms with Gasteiger partial charge in [0.1, 0.15) is 11.6 Å². The fourth-order valence-electron chi connectivity index (χ4n) is 2.78. The van der Waals surface area contributed by atoms with Crippen LogP contribution in [0.4, 0.5) is 14.5 Å². The predicted molar refractivity (Wildman–Crippen MR) is 102 cm³/mol. The largest absolute Gasteiger partial charge is 0.379 e. The van der Waals surface area contributed by atoms with E-state index in [1.54, 1.807) is 19.1 Å². The lowest BCUT2D eigenvalue weighted by Gasteiger charge is -2.30. The smallest absolute Gasteiger partial charge is 0.255 e. The third-order valence-corrected chi connectivity index (χ3v) is 5.26. The Bertz CT molecular complexity index is 900. The Hall–Kier alpha value is -2.41. The summed E-state index contributed by atoms with van der Waals surface area (Å²) in [6.45, 7) is 3.53. The van der Waals surface area contributed by atoms with Gasteiger partial charge in [0.2, 0.25) is 0 Å². The minimum absolute atomic E-state index is 0.0294. The molecular formula is C19H19F2N3OS. The second-order valence-electron chi connectivity index (χ2n) is 6.44. The molecule has 0 saturated carbocycles. The van der Waals surface area contributed by atoms with E-state index in [2.05, 4.69) is 10.3 Å². The van der Waals surface area contributed by atoms with Crippen molar-refractivity contribution in [1.82, 2.24) is 0 Å². The first-order chi connectivity index (χ1) is 12.3. The van der Waals surface area contributed by atoms with Crippen LogP contribution in [0, 0.1) is 18.6 Å². The molecule has 2 aromatic rings. The average molecular weight is 375 g/mol. The van der Waals surface area contributed by atoms with Crippen molar-refractivity contribution in [2.75, 3.05) is 11.1 Å². The number of aliphatic imine (C=N–C) groups is 1. The number of nitrogens with two attached hydrogens (primary N) is 1. The molecular weight excluding hydrogens is 356 g/mol. The highest BCUT2D eigenvalue weighted by Gasteiger charge is 2.30. The summed E-state index contributed by atoms with van der Waals surface area (Å²) in [5.74, 6) is -0.815. The van der Waals surface area contributed by atoms with E-state index in [4.69, 9.17) is 5.73 Å². The van der Waals surface area contributed by atoms with Crippen LogP contribution in [-0.4, -0.2) is 16.8 Å². The van der Waals surface area contributed by atoms with Gasteiger partial charge in [0.05, 0.1) is 11.2 Å². The molecule has 0 radical (unpaired) electrons. The molecule has 3 N–H and O–H groups in total. The topological polar surface area (TPSA) is 67.5 Å². The minimum Gasteiger partial charge on any atom is -0.379 e. The number of nitrogens with zero attached hydrogens (tertiary/aromatic N) is 1. The standard InChI is InChI=1S/C19H19F2N3OS/c1-11-3-4-12(9-15(11)21)17(25)23-16-10-13(5-6-14(16)20)19(2)7-8-26-18(22)24-19/h3-6,9-10H,7-8H2,1-2H3,(H2,22,24)(H,23,25). The highest BCUT2D eigenvalue weighted by Crippen LogP contribution is 2.36. The van der Waals surface area contributed by atoms with E-state index in [0.717, 1.165) is 23.8 Å². The van der Waals surface area contributed by atoms with Crippen molar-refractivity contribution >= 4 is 28.5 Å². The lowest BCUT2D eigenvalue weighted by atomic mass is 9.89. The van der Waals surface area contributed by atoms with Gasteiger partial charge < -0.3 is 11.1 Å². The third-order valence-electron chi connectivity index (χ3n) is 4.47. The van der Waals surface area contributed by atoms with Gasteiger partial charge in [-0.05, 0) is 55.7 Å². The molecule has 2 aromatic carbocycles. The fraction of sp³-hybridized carbons (Fsp3) is 0.263.